The van der Waals surface area contributed by atoms with Gasteiger partial charge in [-0.2, -0.15) is 0 Å². The molecule has 0 radical (unpaired) electrons. The van der Waals surface area contributed by atoms with E-state index in [2.05, 4.69) is 19.2 Å². The van der Waals surface area contributed by atoms with Gasteiger partial charge >= 0.3 is 0 Å². The molecule has 0 aliphatic heterocycles. The lowest BCUT2D eigenvalue weighted by atomic mass is 10.1. The number of hydrogen-bond donors (Lipinski definition) is 1. The van der Waals surface area contributed by atoms with Crippen LogP contribution < -0.4 is 5.32 Å². The number of benzene rings is 1. The molecule has 1 rings (SSSR count). The van der Waals surface area contributed by atoms with E-state index in [9.17, 15) is 4.39 Å². The van der Waals surface area contributed by atoms with Crippen molar-refractivity contribution in [3.63, 3.8) is 0 Å². The van der Waals surface area contributed by atoms with E-state index in [0.717, 1.165) is 18.5 Å². The molecule has 0 heterocycles. The summed E-state index contributed by atoms with van der Waals surface area (Å²) in [7, 11) is 0. The summed E-state index contributed by atoms with van der Waals surface area (Å²) in [5.41, 5.74) is 0.972. The third-order valence-corrected chi connectivity index (χ3v) is 2.26. The maximum atomic E-state index is 13.0. The van der Waals surface area contributed by atoms with Gasteiger partial charge in [0, 0.05) is 6.04 Å². The molecule has 1 nitrogen and oxygen atoms in total. The summed E-state index contributed by atoms with van der Waals surface area (Å²) in [6.45, 7) is 5.03. The first kappa shape index (κ1) is 11.5. The zero-order valence-corrected chi connectivity index (χ0v) is 9.24. The average molecular weight is 216 g/mol. The van der Waals surface area contributed by atoms with Gasteiger partial charge in [0.1, 0.15) is 5.82 Å². The Morgan fingerprint density at radius 2 is 2.14 bits per heavy atom. The molecule has 0 spiro atoms. The minimum Gasteiger partial charge on any atom is -0.314 e. The van der Waals surface area contributed by atoms with Crippen molar-refractivity contribution in [2.75, 3.05) is 6.54 Å². The van der Waals surface area contributed by atoms with Gasteiger partial charge in [0.2, 0.25) is 0 Å². The van der Waals surface area contributed by atoms with E-state index in [-0.39, 0.29) is 10.8 Å². The second-order valence-corrected chi connectivity index (χ2v) is 4.01. The first-order chi connectivity index (χ1) is 6.59. The second kappa shape index (κ2) is 5.32. The minimum atomic E-state index is -0.339. The second-order valence-electron chi connectivity index (χ2n) is 3.61. The summed E-state index contributed by atoms with van der Waals surface area (Å²) in [5, 5.41) is 3.46. The van der Waals surface area contributed by atoms with Crippen LogP contribution >= 0.6 is 11.6 Å². The molecule has 0 fully saturated rings. The Balaban J connectivity index is 2.47. The number of rotatable bonds is 4. The molecule has 0 aromatic heterocycles. The maximum Gasteiger partial charge on any atom is 0.142 e. The normalized spacial score (nSPS) is 10.9. The minimum absolute atomic E-state index is 0.186. The van der Waals surface area contributed by atoms with Crippen LogP contribution in [0.15, 0.2) is 18.2 Å². The van der Waals surface area contributed by atoms with E-state index < -0.39 is 0 Å². The average Bonchev–Trinajstić information content (AvgIpc) is 2.10. The van der Waals surface area contributed by atoms with Crippen LogP contribution in [0.4, 0.5) is 4.39 Å². The van der Waals surface area contributed by atoms with Gasteiger partial charge in [-0.05, 0) is 30.7 Å². The largest absolute Gasteiger partial charge is 0.314 e. The molecule has 0 aliphatic carbocycles. The van der Waals surface area contributed by atoms with E-state index in [1.165, 1.54) is 6.07 Å². The molecule has 78 valence electrons. The molecular weight excluding hydrogens is 201 g/mol. The van der Waals surface area contributed by atoms with Crippen LogP contribution in [-0.2, 0) is 6.42 Å². The monoisotopic (exact) mass is 215 g/mol. The van der Waals surface area contributed by atoms with Gasteiger partial charge in [-0.25, -0.2) is 4.39 Å². The fourth-order valence-corrected chi connectivity index (χ4v) is 1.32. The van der Waals surface area contributed by atoms with Crippen molar-refractivity contribution in [3.05, 3.63) is 34.6 Å². The van der Waals surface area contributed by atoms with Crippen molar-refractivity contribution >= 4 is 11.6 Å². The highest BCUT2D eigenvalue weighted by Gasteiger charge is 2.00. The molecule has 0 amide bonds. The van der Waals surface area contributed by atoms with E-state index in [4.69, 9.17) is 11.6 Å². The summed E-state index contributed by atoms with van der Waals surface area (Å²) in [5.74, 6) is -0.339. The molecule has 0 aliphatic rings. The van der Waals surface area contributed by atoms with Gasteiger partial charge in [-0.1, -0.05) is 31.5 Å². The predicted molar refractivity (Wildman–Crippen MR) is 58.3 cm³/mol. The molecule has 0 atom stereocenters. The molecule has 0 saturated carbocycles. The highest BCUT2D eigenvalue weighted by atomic mass is 35.5. The third kappa shape index (κ3) is 3.64. The lowest BCUT2D eigenvalue weighted by molar-refractivity contribution is 0.587. The SMILES string of the molecule is CC(C)NCCc1ccc(Cl)c(F)c1. The summed E-state index contributed by atoms with van der Waals surface area (Å²) < 4.78 is 13.0. The van der Waals surface area contributed by atoms with Crippen LogP contribution in [-0.4, -0.2) is 12.6 Å². The Morgan fingerprint density at radius 1 is 1.43 bits per heavy atom. The fraction of sp³-hybridized carbons (Fsp3) is 0.455. The molecule has 3 heteroatoms. The molecule has 0 unspecified atom stereocenters. The van der Waals surface area contributed by atoms with E-state index in [1.807, 2.05) is 6.07 Å². The smallest absolute Gasteiger partial charge is 0.142 e. The Kier molecular flexibility index (Phi) is 4.36. The molecule has 1 aromatic rings. The van der Waals surface area contributed by atoms with Crippen molar-refractivity contribution in [1.82, 2.24) is 5.32 Å². The van der Waals surface area contributed by atoms with Crippen LogP contribution in [0.5, 0.6) is 0 Å². The summed E-state index contributed by atoms with van der Waals surface area (Å²) in [6, 6.07) is 5.41. The van der Waals surface area contributed by atoms with E-state index >= 15 is 0 Å². The quantitative estimate of drug-likeness (QED) is 0.814. The predicted octanol–water partition coefficient (Wildman–Crippen LogP) is 3.02. The lowest BCUT2D eigenvalue weighted by Gasteiger charge is -2.07. The fourth-order valence-electron chi connectivity index (χ4n) is 1.20. The Hall–Kier alpha value is -0.600. The first-order valence-corrected chi connectivity index (χ1v) is 5.14. The number of nitrogens with one attached hydrogen (secondary N) is 1. The van der Waals surface area contributed by atoms with Crippen molar-refractivity contribution in [2.45, 2.75) is 26.3 Å². The Labute approximate surface area is 89.3 Å². The van der Waals surface area contributed by atoms with Crippen LogP contribution in [0, 0.1) is 5.82 Å². The van der Waals surface area contributed by atoms with Gasteiger partial charge in [-0.3, -0.25) is 0 Å². The molecule has 0 bridgehead atoms. The van der Waals surface area contributed by atoms with Crippen LogP contribution in [0.25, 0.3) is 0 Å². The molecule has 1 aromatic carbocycles. The standard InChI is InChI=1S/C11H15ClFN/c1-8(2)14-6-5-9-3-4-10(12)11(13)7-9/h3-4,7-8,14H,5-6H2,1-2H3. The van der Waals surface area contributed by atoms with Gasteiger partial charge < -0.3 is 5.32 Å². The van der Waals surface area contributed by atoms with Gasteiger partial charge in [-0.15, -0.1) is 0 Å². The highest BCUT2D eigenvalue weighted by Crippen LogP contribution is 2.15. The number of hydrogen-bond acceptors (Lipinski definition) is 1. The molecule has 1 N–H and O–H groups in total. The van der Waals surface area contributed by atoms with E-state index in [0.29, 0.717) is 6.04 Å². The summed E-state index contributed by atoms with van der Waals surface area (Å²) in [6.07, 6.45) is 0.826. The van der Waals surface area contributed by atoms with Crippen LogP contribution in [0.1, 0.15) is 19.4 Å². The van der Waals surface area contributed by atoms with Gasteiger partial charge in [0.15, 0.2) is 0 Å². The molecule has 0 saturated heterocycles. The molecule has 14 heavy (non-hydrogen) atoms. The van der Waals surface area contributed by atoms with Crippen LogP contribution in [0.2, 0.25) is 5.02 Å². The Morgan fingerprint density at radius 3 is 2.71 bits per heavy atom. The van der Waals surface area contributed by atoms with Crippen molar-refractivity contribution < 1.29 is 4.39 Å². The topological polar surface area (TPSA) is 12.0 Å². The van der Waals surface area contributed by atoms with Gasteiger partial charge in [0.05, 0.1) is 5.02 Å². The highest BCUT2D eigenvalue weighted by molar-refractivity contribution is 6.30. The zero-order chi connectivity index (χ0) is 10.6. The summed E-state index contributed by atoms with van der Waals surface area (Å²) >= 11 is 5.57. The van der Waals surface area contributed by atoms with E-state index in [1.54, 1.807) is 6.07 Å². The van der Waals surface area contributed by atoms with Crippen molar-refractivity contribution in [3.8, 4) is 0 Å². The lowest BCUT2D eigenvalue weighted by Crippen LogP contribution is -2.24. The third-order valence-electron chi connectivity index (χ3n) is 1.95. The summed E-state index contributed by atoms with van der Waals surface area (Å²) in [4.78, 5) is 0. The Bertz CT molecular complexity index is 299. The van der Waals surface area contributed by atoms with Gasteiger partial charge in [0.25, 0.3) is 0 Å². The molecular formula is C11H15ClFN. The zero-order valence-electron chi connectivity index (χ0n) is 8.48. The first-order valence-electron chi connectivity index (χ1n) is 4.77. The van der Waals surface area contributed by atoms with Crippen molar-refractivity contribution in [2.24, 2.45) is 0 Å². The maximum absolute atomic E-state index is 13.0. The van der Waals surface area contributed by atoms with Crippen molar-refractivity contribution in [1.29, 1.82) is 0 Å². The number of halogens is 2. The van der Waals surface area contributed by atoms with Crippen LogP contribution in [0.3, 0.4) is 0 Å².